The van der Waals surface area contributed by atoms with Crippen LogP contribution in [0.1, 0.15) is 37.0 Å². The Hall–Kier alpha value is -2.38. The highest BCUT2D eigenvalue weighted by Crippen LogP contribution is 2.35. The standard InChI is InChI=1S/C21H30F3N3O6S/c1-13-10-27(14(2)12-28)20(30)15-6-5-7-16(25-18(29)8-9-21(22,23)24)19(15)33-17(13)11-26(3)34(4,31)32/h5-7,13-14,17,28H,8-12H2,1-4H3,(H,25,29)/t13-,14+,17+/m0/s1. The predicted molar refractivity (Wildman–Crippen MR) is 119 cm³/mol. The maximum absolute atomic E-state index is 13.3. The average molecular weight is 510 g/mol. The molecule has 2 N–H and O–H groups in total. The van der Waals surface area contributed by atoms with Crippen LogP contribution in [0.15, 0.2) is 18.2 Å². The summed E-state index contributed by atoms with van der Waals surface area (Å²) in [6, 6.07) is 3.71. The van der Waals surface area contributed by atoms with Crippen molar-refractivity contribution in [2.24, 2.45) is 5.92 Å². The number of aliphatic hydroxyl groups is 1. The Balaban J connectivity index is 2.49. The monoisotopic (exact) mass is 509 g/mol. The van der Waals surface area contributed by atoms with E-state index in [2.05, 4.69) is 5.32 Å². The summed E-state index contributed by atoms with van der Waals surface area (Å²) < 4.78 is 68.6. The normalized spacial score (nSPS) is 20.3. The Labute approximate surface area is 196 Å². The number of ether oxygens (including phenoxy) is 1. The van der Waals surface area contributed by atoms with Crippen molar-refractivity contribution < 1.29 is 41.0 Å². The molecule has 1 aromatic rings. The van der Waals surface area contributed by atoms with Crippen LogP contribution >= 0.6 is 0 Å². The first-order valence-corrected chi connectivity index (χ1v) is 12.5. The summed E-state index contributed by atoms with van der Waals surface area (Å²) in [7, 11) is -2.19. The number of hydrogen-bond donors (Lipinski definition) is 2. The van der Waals surface area contributed by atoms with Gasteiger partial charge in [0.15, 0.2) is 5.75 Å². The van der Waals surface area contributed by atoms with E-state index in [-0.39, 0.29) is 36.7 Å². The molecule has 3 atom stereocenters. The lowest BCUT2D eigenvalue weighted by Crippen LogP contribution is -2.50. The molecule has 0 saturated heterocycles. The number of nitrogens with zero attached hydrogens (tertiary/aromatic N) is 2. The molecule has 192 valence electrons. The number of nitrogens with one attached hydrogen (secondary N) is 1. The van der Waals surface area contributed by atoms with Crippen molar-refractivity contribution in [2.45, 2.75) is 45.0 Å². The highest BCUT2D eigenvalue weighted by Gasteiger charge is 2.35. The van der Waals surface area contributed by atoms with Crippen molar-refractivity contribution in [1.29, 1.82) is 0 Å². The summed E-state index contributed by atoms with van der Waals surface area (Å²) in [5, 5.41) is 12.0. The number of hydrogen-bond acceptors (Lipinski definition) is 6. The number of para-hydroxylation sites is 1. The molecule has 0 aromatic heterocycles. The van der Waals surface area contributed by atoms with E-state index in [1.54, 1.807) is 13.8 Å². The molecule has 0 spiro atoms. The zero-order chi connectivity index (χ0) is 25.8. The van der Waals surface area contributed by atoms with E-state index in [1.807, 2.05) is 0 Å². The summed E-state index contributed by atoms with van der Waals surface area (Å²) in [6.45, 7) is 3.15. The van der Waals surface area contributed by atoms with Crippen LogP contribution in [-0.4, -0.2) is 85.9 Å². The van der Waals surface area contributed by atoms with Gasteiger partial charge in [-0.2, -0.15) is 13.2 Å². The van der Waals surface area contributed by atoms with Crippen LogP contribution in [0.2, 0.25) is 0 Å². The van der Waals surface area contributed by atoms with Crippen LogP contribution in [0.3, 0.4) is 0 Å². The highest BCUT2D eigenvalue weighted by atomic mass is 32.2. The van der Waals surface area contributed by atoms with Crippen molar-refractivity contribution in [3.05, 3.63) is 23.8 Å². The van der Waals surface area contributed by atoms with Crippen molar-refractivity contribution in [3.8, 4) is 5.75 Å². The van der Waals surface area contributed by atoms with E-state index in [9.17, 15) is 36.3 Å². The summed E-state index contributed by atoms with van der Waals surface area (Å²) in [5.74, 6) is -1.88. The molecule has 1 aliphatic heterocycles. The van der Waals surface area contributed by atoms with E-state index in [0.29, 0.717) is 0 Å². The number of rotatable bonds is 8. The maximum Gasteiger partial charge on any atom is 0.389 e. The molecule has 0 bridgehead atoms. The number of benzene rings is 1. The fourth-order valence-corrected chi connectivity index (χ4v) is 3.83. The van der Waals surface area contributed by atoms with Gasteiger partial charge in [-0.05, 0) is 19.1 Å². The first-order chi connectivity index (χ1) is 15.6. The fourth-order valence-electron chi connectivity index (χ4n) is 3.42. The van der Waals surface area contributed by atoms with Crippen LogP contribution in [0.25, 0.3) is 0 Å². The van der Waals surface area contributed by atoms with Gasteiger partial charge in [0.2, 0.25) is 15.9 Å². The van der Waals surface area contributed by atoms with Gasteiger partial charge >= 0.3 is 6.18 Å². The van der Waals surface area contributed by atoms with Crippen LogP contribution in [0, 0.1) is 5.92 Å². The molecule has 1 aliphatic rings. The molecule has 0 fully saturated rings. The molecule has 0 unspecified atom stereocenters. The molecule has 13 heteroatoms. The third-order valence-corrected chi connectivity index (χ3v) is 6.89. The Morgan fingerprint density at radius 3 is 2.59 bits per heavy atom. The second-order valence-corrected chi connectivity index (χ2v) is 10.6. The third kappa shape index (κ3) is 7.31. The van der Waals surface area contributed by atoms with Gasteiger partial charge in [0, 0.05) is 25.9 Å². The number of amides is 2. The molecule has 0 radical (unpaired) electrons. The largest absolute Gasteiger partial charge is 0.486 e. The number of sulfonamides is 1. The van der Waals surface area contributed by atoms with Crippen molar-refractivity contribution in [3.63, 3.8) is 0 Å². The molecule has 34 heavy (non-hydrogen) atoms. The van der Waals surface area contributed by atoms with Crippen molar-refractivity contribution in [2.75, 3.05) is 38.3 Å². The second-order valence-electron chi connectivity index (χ2n) is 8.51. The number of carbonyl (C=O) groups excluding carboxylic acids is 2. The van der Waals surface area contributed by atoms with Crippen molar-refractivity contribution in [1.82, 2.24) is 9.21 Å². The van der Waals surface area contributed by atoms with Crippen LogP contribution in [0.5, 0.6) is 5.75 Å². The van der Waals surface area contributed by atoms with E-state index >= 15 is 0 Å². The quantitative estimate of drug-likeness (QED) is 0.554. The minimum atomic E-state index is -4.51. The Bertz CT molecular complexity index is 1000. The first kappa shape index (κ1) is 27.9. The van der Waals surface area contributed by atoms with Crippen LogP contribution in [-0.2, 0) is 14.8 Å². The van der Waals surface area contributed by atoms with Gasteiger partial charge in [0.25, 0.3) is 5.91 Å². The smallest absolute Gasteiger partial charge is 0.389 e. The van der Waals surface area contributed by atoms with Gasteiger partial charge in [-0.15, -0.1) is 0 Å². The lowest BCUT2D eigenvalue weighted by Gasteiger charge is -2.38. The zero-order valence-electron chi connectivity index (χ0n) is 19.4. The van der Waals surface area contributed by atoms with Crippen molar-refractivity contribution >= 4 is 27.5 Å². The number of alkyl halides is 3. The van der Waals surface area contributed by atoms with E-state index < -0.39 is 58.9 Å². The third-order valence-electron chi connectivity index (χ3n) is 5.60. The summed E-state index contributed by atoms with van der Waals surface area (Å²) in [5.41, 5.74) is 0.0311. The number of likely N-dealkylation sites (N-methyl/N-ethyl adjacent to an activating group) is 1. The predicted octanol–water partition coefficient (Wildman–Crippen LogP) is 2.08. The molecular formula is C21H30F3N3O6S. The molecule has 9 nitrogen and oxygen atoms in total. The number of fused-ring (bicyclic) bond motifs is 1. The minimum absolute atomic E-state index is 0.00395. The molecule has 2 amide bonds. The molecule has 1 aromatic carbocycles. The molecule has 2 rings (SSSR count). The molecule has 0 aliphatic carbocycles. The Morgan fingerprint density at radius 1 is 1.38 bits per heavy atom. The second kappa shape index (κ2) is 10.9. The van der Waals surface area contributed by atoms with E-state index in [0.717, 1.165) is 10.6 Å². The van der Waals surface area contributed by atoms with Crippen LogP contribution < -0.4 is 10.1 Å². The SMILES string of the molecule is C[C@H](CO)N1C[C@H](C)[C@@H](CN(C)S(C)(=O)=O)Oc2c(NC(=O)CCC(F)(F)F)cccc2C1=O. The zero-order valence-corrected chi connectivity index (χ0v) is 20.2. The number of carbonyl (C=O) groups is 2. The number of anilines is 1. The summed E-state index contributed by atoms with van der Waals surface area (Å²) in [6.07, 6.45) is -6.37. The van der Waals surface area contributed by atoms with Gasteiger partial charge in [-0.3, -0.25) is 9.59 Å². The fraction of sp³-hybridized carbons (Fsp3) is 0.619. The topological polar surface area (TPSA) is 116 Å². The van der Waals surface area contributed by atoms with Gasteiger partial charge in [-0.25, -0.2) is 12.7 Å². The molecule has 0 saturated carbocycles. The van der Waals surface area contributed by atoms with Gasteiger partial charge in [-0.1, -0.05) is 13.0 Å². The minimum Gasteiger partial charge on any atom is -0.486 e. The first-order valence-electron chi connectivity index (χ1n) is 10.6. The number of aliphatic hydroxyl groups excluding tert-OH is 1. The maximum atomic E-state index is 13.3. The van der Waals surface area contributed by atoms with Gasteiger partial charge in [0.1, 0.15) is 6.10 Å². The molecular weight excluding hydrogens is 479 g/mol. The molecule has 1 heterocycles. The van der Waals surface area contributed by atoms with E-state index in [4.69, 9.17) is 4.74 Å². The van der Waals surface area contributed by atoms with E-state index in [1.165, 1.54) is 30.1 Å². The van der Waals surface area contributed by atoms with Gasteiger partial charge < -0.3 is 20.1 Å². The Kier molecular flexibility index (Phi) is 8.94. The van der Waals surface area contributed by atoms with Crippen LogP contribution in [0.4, 0.5) is 18.9 Å². The summed E-state index contributed by atoms with van der Waals surface area (Å²) in [4.78, 5) is 26.9. The average Bonchev–Trinajstić information content (AvgIpc) is 2.73. The lowest BCUT2D eigenvalue weighted by molar-refractivity contribution is -0.142. The summed E-state index contributed by atoms with van der Waals surface area (Å²) >= 11 is 0. The highest BCUT2D eigenvalue weighted by molar-refractivity contribution is 7.88. The van der Waals surface area contributed by atoms with Gasteiger partial charge in [0.05, 0.1) is 43.1 Å². The lowest BCUT2D eigenvalue weighted by atomic mass is 9.99. The Morgan fingerprint density at radius 2 is 2.03 bits per heavy atom. The number of halogens is 3.